The summed E-state index contributed by atoms with van der Waals surface area (Å²) >= 11 is 0. The minimum absolute atomic E-state index is 0.0664. The summed E-state index contributed by atoms with van der Waals surface area (Å²) in [5, 5.41) is 15.5. The van der Waals surface area contributed by atoms with E-state index in [0.717, 1.165) is 67.0 Å². The molecule has 3 heterocycles. The molecule has 2 aromatic heterocycles. The average molecular weight is 421 g/mol. The van der Waals surface area contributed by atoms with Gasteiger partial charge in [-0.1, -0.05) is 31.4 Å². The molecule has 1 aromatic carbocycles. The van der Waals surface area contributed by atoms with Crippen LogP contribution < -0.4 is 4.90 Å². The van der Waals surface area contributed by atoms with Crippen LogP contribution in [0.2, 0.25) is 0 Å². The molecular weight excluding hydrogens is 392 g/mol. The molecule has 0 radical (unpaired) electrons. The summed E-state index contributed by atoms with van der Waals surface area (Å²) in [6, 6.07) is 10.3. The lowest BCUT2D eigenvalue weighted by molar-refractivity contribution is 0.0691. The van der Waals surface area contributed by atoms with Gasteiger partial charge in [-0.05, 0) is 49.1 Å². The Hall–Kier alpha value is -2.93. The minimum Gasteiger partial charge on any atom is -0.477 e. The van der Waals surface area contributed by atoms with E-state index < -0.39 is 5.97 Å². The summed E-state index contributed by atoms with van der Waals surface area (Å²) in [5.74, 6) is -1.01. The number of anilines is 1. The fourth-order valence-corrected chi connectivity index (χ4v) is 4.90. The standard InChI is InChI=1S/C24H28N4O3/c1-16-22-20(17-7-9-18(10-8-17)27-11-13-31-14-12-27)15-21(24(29)30)25-23(22)28(26-16)19-5-3-2-4-6-19/h7-10,15,19H,2-6,11-14H2,1H3,(H,29,30). The summed E-state index contributed by atoms with van der Waals surface area (Å²) in [6.45, 7) is 5.25. The molecule has 0 amide bonds. The number of rotatable bonds is 4. The molecule has 1 aliphatic carbocycles. The topological polar surface area (TPSA) is 80.5 Å². The number of pyridine rings is 1. The Morgan fingerprint density at radius 3 is 2.48 bits per heavy atom. The number of hydrogen-bond donors (Lipinski definition) is 1. The van der Waals surface area contributed by atoms with Crippen molar-refractivity contribution in [2.24, 2.45) is 0 Å². The van der Waals surface area contributed by atoms with E-state index in [1.54, 1.807) is 6.07 Å². The maximum atomic E-state index is 11.9. The Bertz CT molecular complexity index is 1090. The zero-order valence-electron chi connectivity index (χ0n) is 17.9. The van der Waals surface area contributed by atoms with Crippen molar-refractivity contribution >= 4 is 22.7 Å². The van der Waals surface area contributed by atoms with Gasteiger partial charge in [-0.3, -0.25) is 0 Å². The Kier molecular flexibility index (Phi) is 5.36. The van der Waals surface area contributed by atoms with Crippen LogP contribution in [-0.4, -0.2) is 52.1 Å². The van der Waals surface area contributed by atoms with Gasteiger partial charge in [0.05, 0.1) is 24.9 Å². The first-order chi connectivity index (χ1) is 15.1. The fraction of sp³-hybridized carbons (Fsp3) is 0.458. The first-order valence-electron chi connectivity index (χ1n) is 11.2. The molecule has 1 saturated carbocycles. The van der Waals surface area contributed by atoms with Crippen molar-refractivity contribution in [3.63, 3.8) is 0 Å². The quantitative estimate of drug-likeness (QED) is 0.672. The lowest BCUT2D eigenvalue weighted by atomic mass is 9.95. The number of aromatic carboxylic acids is 1. The molecule has 31 heavy (non-hydrogen) atoms. The van der Waals surface area contributed by atoms with Gasteiger partial charge in [-0.15, -0.1) is 0 Å². The van der Waals surface area contributed by atoms with Gasteiger partial charge in [-0.25, -0.2) is 14.5 Å². The zero-order valence-corrected chi connectivity index (χ0v) is 17.9. The van der Waals surface area contributed by atoms with Crippen LogP contribution in [0.15, 0.2) is 30.3 Å². The van der Waals surface area contributed by atoms with Crippen LogP contribution in [0.1, 0.15) is 54.3 Å². The van der Waals surface area contributed by atoms with Crippen LogP contribution in [0.4, 0.5) is 5.69 Å². The van der Waals surface area contributed by atoms with Gasteiger partial charge in [0.25, 0.3) is 0 Å². The van der Waals surface area contributed by atoms with Gasteiger partial charge in [0.15, 0.2) is 11.3 Å². The molecule has 0 bridgehead atoms. The number of fused-ring (bicyclic) bond motifs is 1. The van der Waals surface area contributed by atoms with Crippen LogP contribution in [0.25, 0.3) is 22.2 Å². The highest BCUT2D eigenvalue weighted by Crippen LogP contribution is 2.36. The smallest absolute Gasteiger partial charge is 0.354 e. The first kappa shape index (κ1) is 20.0. The van der Waals surface area contributed by atoms with E-state index in [4.69, 9.17) is 9.84 Å². The molecule has 3 aromatic rings. The molecule has 1 saturated heterocycles. The van der Waals surface area contributed by atoms with E-state index in [2.05, 4.69) is 34.1 Å². The van der Waals surface area contributed by atoms with Gasteiger partial charge in [0, 0.05) is 24.2 Å². The van der Waals surface area contributed by atoms with Crippen molar-refractivity contribution in [2.75, 3.05) is 31.2 Å². The van der Waals surface area contributed by atoms with Crippen molar-refractivity contribution in [1.82, 2.24) is 14.8 Å². The third-order valence-electron chi connectivity index (χ3n) is 6.53. The van der Waals surface area contributed by atoms with E-state index in [1.165, 1.54) is 19.3 Å². The summed E-state index contributed by atoms with van der Waals surface area (Å²) in [7, 11) is 0. The number of morpholine rings is 1. The molecule has 2 fully saturated rings. The van der Waals surface area contributed by atoms with Crippen LogP contribution in [0, 0.1) is 6.92 Å². The number of aromatic nitrogens is 3. The van der Waals surface area contributed by atoms with Crippen molar-refractivity contribution < 1.29 is 14.6 Å². The normalized spacial score (nSPS) is 17.9. The fourth-order valence-electron chi connectivity index (χ4n) is 4.90. The van der Waals surface area contributed by atoms with Crippen molar-refractivity contribution in [2.45, 2.75) is 45.1 Å². The SMILES string of the molecule is Cc1nn(C2CCCCC2)c2nc(C(=O)O)cc(-c3ccc(N4CCOCC4)cc3)c12. The number of carbonyl (C=O) groups is 1. The summed E-state index contributed by atoms with van der Waals surface area (Å²) in [5.41, 5.74) is 4.68. The third kappa shape index (κ3) is 3.78. The highest BCUT2D eigenvalue weighted by molar-refractivity contribution is 5.99. The monoisotopic (exact) mass is 420 g/mol. The first-order valence-corrected chi connectivity index (χ1v) is 11.2. The molecule has 7 heteroatoms. The van der Waals surface area contributed by atoms with Crippen LogP contribution in [0.5, 0.6) is 0 Å². The van der Waals surface area contributed by atoms with Crippen LogP contribution in [-0.2, 0) is 4.74 Å². The number of hydrogen-bond acceptors (Lipinski definition) is 5. The molecule has 5 rings (SSSR count). The zero-order chi connectivity index (χ0) is 21.4. The number of ether oxygens (including phenoxy) is 1. The Morgan fingerprint density at radius 1 is 1.10 bits per heavy atom. The average Bonchev–Trinajstić information content (AvgIpc) is 3.16. The molecule has 1 aliphatic heterocycles. The Labute approximate surface area is 181 Å². The lowest BCUT2D eigenvalue weighted by Crippen LogP contribution is -2.36. The van der Waals surface area contributed by atoms with Crippen molar-refractivity contribution in [1.29, 1.82) is 0 Å². The number of benzene rings is 1. The second-order valence-electron chi connectivity index (χ2n) is 8.53. The molecular formula is C24H28N4O3. The number of carboxylic acid groups (broad SMARTS) is 1. The molecule has 7 nitrogen and oxygen atoms in total. The second kappa shape index (κ2) is 8.30. The van der Waals surface area contributed by atoms with Crippen LogP contribution in [0.3, 0.4) is 0 Å². The van der Waals surface area contributed by atoms with Gasteiger partial charge in [0.1, 0.15) is 0 Å². The number of aryl methyl sites for hydroxylation is 1. The molecule has 0 spiro atoms. The van der Waals surface area contributed by atoms with E-state index in [-0.39, 0.29) is 11.7 Å². The maximum absolute atomic E-state index is 11.9. The largest absolute Gasteiger partial charge is 0.477 e. The Balaban J connectivity index is 1.60. The molecule has 0 unspecified atom stereocenters. The number of nitrogens with zero attached hydrogens (tertiary/aromatic N) is 4. The van der Waals surface area contributed by atoms with Gasteiger partial charge in [0.2, 0.25) is 0 Å². The van der Waals surface area contributed by atoms with E-state index in [0.29, 0.717) is 5.65 Å². The van der Waals surface area contributed by atoms with Crippen LogP contribution >= 0.6 is 0 Å². The predicted molar refractivity (Wildman–Crippen MR) is 120 cm³/mol. The highest BCUT2D eigenvalue weighted by atomic mass is 16.5. The van der Waals surface area contributed by atoms with Crippen molar-refractivity contribution in [3.05, 3.63) is 41.7 Å². The highest BCUT2D eigenvalue weighted by Gasteiger charge is 2.24. The minimum atomic E-state index is -1.01. The summed E-state index contributed by atoms with van der Waals surface area (Å²) < 4.78 is 7.44. The maximum Gasteiger partial charge on any atom is 0.354 e. The lowest BCUT2D eigenvalue weighted by Gasteiger charge is -2.29. The van der Waals surface area contributed by atoms with E-state index in [9.17, 15) is 9.90 Å². The third-order valence-corrected chi connectivity index (χ3v) is 6.53. The molecule has 0 atom stereocenters. The van der Waals surface area contributed by atoms with E-state index >= 15 is 0 Å². The molecule has 162 valence electrons. The van der Waals surface area contributed by atoms with Gasteiger partial charge >= 0.3 is 5.97 Å². The molecule has 1 N–H and O–H groups in total. The van der Waals surface area contributed by atoms with E-state index in [1.807, 2.05) is 11.6 Å². The number of carboxylic acids is 1. The van der Waals surface area contributed by atoms with Crippen molar-refractivity contribution in [3.8, 4) is 11.1 Å². The summed E-state index contributed by atoms with van der Waals surface area (Å²) in [4.78, 5) is 18.7. The van der Waals surface area contributed by atoms with Gasteiger partial charge < -0.3 is 14.7 Å². The Morgan fingerprint density at radius 2 is 1.81 bits per heavy atom. The summed E-state index contributed by atoms with van der Waals surface area (Å²) in [6.07, 6.45) is 5.75. The molecule has 2 aliphatic rings. The second-order valence-corrected chi connectivity index (χ2v) is 8.53. The predicted octanol–water partition coefficient (Wildman–Crippen LogP) is 4.45. The van der Waals surface area contributed by atoms with Gasteiger partial charge in [-0.2, -0.15) is 5.10 Å².